The van der Waals surface area contributed by atoms with Gasteiger partial charge in [0.1, 0.15) is 21.1 Å². The molecular weight excluding hydrogens is 472 g/mol. The van der Waals surface area contributed by atoms with E-state index in [1.807, 2.05) is 6.92 Å². The van der Waals surface area contributed by atoms with Gasteiger partial charge in [0.15, 0.2) is 9.79 Å². The molecule has 1 saturated carbocycles. The molecule has 0 heterocycles. The van der Waals surface area contributed by atoms with Crippen molar-refractivity contribution in [2.75, 3.05) is 6.61 Å². The van der Waals surface area contributed by atoms with Crippen molar-refractivity contribution in [3.63, 3.8) is 0 Å². The molecule has 0 spiro atoms. The predicted molar refractivity (Wildman–Crippen MR) is 131 cm³/mol. The number of carbonyl (C=O) groups is 1. The number of hydrogen-bond donors (Lipinski definition) is 1. The fraction of sp³-hybridized carbons (Fsp3) is 0.269. The molecule has 6 nitrogen and oxygen atoms in total. The lowest BCUT2D eigenvalue weighted by molar-refractivity contribution is 0.0499. The minimum atomic E-state index is -4.75. The molecule has 8 heteroatoms. The minimum absolute atomic E-state index is 0.00370. The maximum Gasteiger partial charge on any atom is 0.338 e. The molecule has 1 N–H and O–H groups in total. The van der Waals surface area contributed by atoms with Crippen LogP contribution in [0.15, 0.2) is 93.5 Å². The molecule has 1 aliphatic carbocycles. The van der Waals surface area contributed by atoms with Gasteiger partial charge in [-0.2, -0.15) is 0 Å². The highest BCUT2D eigenvalue weighted by Gasteiger charge is 2.43. The van der Waals surface area contributed by atoms with Crippen molar-refractivity contribution in [1.29, 1.82) is 0 Å². The zero-order valence-electron chi connectivity index (χ0n) is 18.9. The number of aromatic hydroxyl groups is 1. The van der Waals surface area contributed by atoms with Crippen LogP contribution in [0.2, 0.25) is 0 Å². The van der Waals surface area contributed by atoms with Gasteiger partial charge in [-0.3, -0.25) is 0 Å². The Labute approximate surface area is 203 Å². The maximum atomic E-state index is 11.5. The summed E-state index contributed by atoms with van der Waals surface area (Å²) in [6, 6.07) is 24.8. The van der Waals surface area contributed by atoms with Crippen LogP contribution in [0.1, 0.15) is 43.0 Å². The van der Waals surface area contributed by atoms with E-state index in [-0.39, 0.29) is 12.2 Å². The molecular formula is C26H28O6S2. The zero-order valence-corrected chi connectivity index (χ0v) is 20.6. The van der Waals surface area contributed by atoms with Crippen LogP contribution in [-0.2, 0) is 25.7 Å². The molecule has 0 atom stereocenters. The number of rotatable bonds is 8. The number of phenols is 1. The van der Waals surface area contributed by atoms with Crippen molar-refractivity contribution in [1.82, 2.24) is 0 Å². The molecule has 0 saturated heterocycles. The van der Waals surface area contributed by atoms with Crippen LogP contribution in [0.3, 0.4) is 0 Å². The topological polar surface area (TPSA) is 104 Å². The van der Waals surface area contributed by atoms with E-state index in [0.717, 1.165) is 29.9 Å². The first-order valence-corrected chi connectivity index (χ1v) is 13.8. The molecule has 0 radical (unpaired) electrons. The summed E-state index contributed by atoms with van der Waals surface area (Å²) in [4.78, 5) is 13.7. The van der Waals surface area contributed by atoms with Gasteiger partial charge in [0.05, 0.1) is 28.0 Å². The van der Waals surface area contributed by atoms with Crippen LogP contribution in [0.5, 0.6) is 5.75 Å². The van der Waals surface area contributed by atoms with Crippen LogP contribution in [0, 0.1) is 0 Å². The van der Waals surface area contributed by atoms with E-state index < -0.39 is 26.7 Å². The molecule has 0 amide bonds. The van der Waals surface area contributed by atoms with Gasteiger partial charge in [-0.15, -0.1) is 0 Å². The first-order valence-electron chi connectivity index (χ1n) is 11.1. The highest BCUT2D eigenvalue weighted by Crippen LogP contribution is 2.39. The average molecular weight is 501 g/mol. The quantitative estimate of drug-likeness (QED) is 0.199. The van der Waals surface area contributed by atoms with Crippen LogP contribution in [-0.4, -0.2) is 35.9 Å². The van der Waals surface area contributed by atoms with Gasteiger partial charge >= 0.3 is 5.97 Å². The molecule has 34 heavy (non-hydrogen) atoms. The minimum Gasteiger partial charge on any atom is -0.744 e. The number of phenolic OH excluding ortho intramolecular Hbond substituents is 1. The lowest BCUT2D eigenvalue weighted by Gasteiger charge is -2.10. The molecule has 3 aromatic rings. The van der Waals surface area contributed by atoms with Crippen molar-refractivity contribution >= 4 is 27.0 Å². The van der Waals surface area contributed by atoms with Crippen molar-refractivity contribution in [2.45, 2.75) is 52.5 Å². The van der Waals surface area contributed by atoms with E-state index in [1.165, 1.54) is 22.6 Å². The lowest BCUT2D eigenvalue weighted by Crippen LogP contribution is -2.08. The van der Waals surface area contributed by atoms with Crippen LogP contribution in [0.4, 0.5) is 0 Å². The molecule has 3 aromatic carbocycles. The third-order valence-corrected chi connectivity index (χ3v) is 8.63. The van der Waals surface area contributed by atoms with Gasteiger partial charge < -0.3 is 14.4 Å². The number of esters is 1. The summed E-state index contributed by atoms with van der Waals surface area (Å²) < 4.78 is 37.0. The molecule has 0 aromatic heterocycles. The second-order valence-electron chi connectivity index (χ2n) is 7.79. The van der Waals surface area contributed by atoms with Gasteiger partial charge in [-0.25, -0.2) is 13.2 Å². The predicted octanol–water partition coefficient (Wildman–Crippen LogP) is 5.14. The second-order valence-corrected chi connectivity index (χ2v) is 11.4. The Hall–Kier alpha value is -2.81. The summed E-state index contributed by atoms with van der Waals surface area (Å²) in [6.07, 6.45) is 4.37. The standard InChI is InChI=1S/C15H15S.C11H14O6S/c1-3-7-13(8-4-1)16(15-11-12-15)14-9-5-2-6-10-14;1-2-3-6-17-11(13)8-4-5-10(9(12)7-8)18(14,15)16/h1-10,15H,11-12H2;4-5,7,12H,2-3,6H2,1H3,(H,14,15,16)/q+1;/p-1. The summed E-state index contributed by atoms with van der Waals surface area (Å²) >= 11 is 0. The van der Waals surface area contributed by atoms with Crippen molar-refractivity contribution in [2.24, 2.45) is 0 Å². The van der Waals surface area contributed by atoms with Crippen molar-refractivity contribution < 1.29 is 27.6 Å². The van der Waals surface area contributed by atoms with E-state index in [9.17, 15) is 22.9 Å². The average Bonchev–Trinajstić information content (AvgIpc) is 3.65. The van der Waals surface area contributed by atoms with Crippen molar-refractivity contribution in [3.05, 3.63) is 84.4 Å². The monoisotopic (exact) mass is 500 g/mol. The highest BCUT2D eigenvalue weighted by molar-refractivity contribution is 7.97. The molecule has 0 unspecified atom stereocenters. The summed E-state index contributed by atoms with van der Waals surface area (Å²) in [6.45, 7) is 2.19. The third kappa shape index (κ3) is 7.35. The fourth-order valence-corrected chi connectivity index (χ4v) is 6.31. The van der Waals surface area contributed by atoms with Crippen molar-refractivity contribution in [3.8, 4) is 5.75 Å². The molecule has 4 rings (SSSR count). The maximum absolute atomic E-state index is 11.5. The fourth-order valence-electron chi connectivity index (χ4n) is 3.21. The smallest absolute Gasteiger partial charge is 0.338 e. The molecule has 1 aliphatic rings. The summed E-state index contributed by atoms with van der Waals surface area (Å²) in [5.41, 5.74) is -0.00370. The van der Waals surface area contributed by atoms with E-state index in [1.54, 1.807) is 0 Å². The normalized spacial score (nSPS) is 13.1. The molecule has 0 aliphatic heterocycles. The SMILES string of the molecule is CCCCOC(=O)c1ccc(S(=O)(=O)[O-])c(O)c1.c1ccc([S+](c2ccccc2)C2CC2)cc1. The largest absolute Gasteiger partial charge is 0.744 e. The third-order valence-electron chi connectivity index (χ3n) is 5.05. The van der Waals surface area contributed by atoms with E-state index >= 15 is 0 Å². The summed E-state index contributed by atoms with van der Waals surface area (Å²) in [5, 5.41) is 10.3. The van der Waals surface area contributed by atoms with Gasteiger partial charge in [-0.05, 0) is 48.9 Å². The van der Waals surface area contributed by atoms with Crippen LogP contribution < -0.4 is 0 Å². The number of carbonyl (C=O) groups excluding carboxylic acids is 1. The summed E-state index contributed by atoms with van der Waals surface area (Å²) in [7, 11) is -4.44. The number of ether oxygens (including phenoxy) is 1. The first kappa shape index (κ1) is 25.8. The number of unbranched alkanes of at least 4 members (excludes halogenated alkanes) is 1. The second kappa shape index (κ2) is 12.1. The van der Waals surface area contributed by atoms with E-state index in [4.69, 9.17) is 4.74 Å². The van der Waals surface area contributed by atoms with E-state index in [2.05, 4.69) is 60.7 Å². The zero-order chi connectivity index (χ0) is 24.6. The lowest BCUT2D eigenvalue weighted by atomic mass is 10.2. The Morgan fingerprint density at radius 3 is 2.00 bits per heavy atom. The Morgan fingerprint density at radius 2 is 1.56 bits per heavy atom. The van der Waals surface area contributed by atoms with Crippen LogP contribution >= 0.6 is 0 Å². The highest BCUT2D eigenvalue weighted by atomic mass is 32.2. The van der Waals surface area contributed by atoms with Gasteiger partial charge in [0.25, 0.3) is 0 Å². The van der Waals surface area contributed by atoms with Gasteiger partial charge in [0, 0.05) is 12.8 Å². The van der Waals surface area contributed by atoms with Gasteiger partial charge in [-0.1, -0.05) is 49.7 Å². The molecule has 180 valence electrons. The Bertz CT molecular complexity index is 1140. The van der Waals surface area contributed by atoms with Gasteiger partial charge in [0.2, 0.25) is 0 Å². The Balaban J connectivity index is 0.000000191. The molecule has 0 bridgehead atoms. The van der Waals surface area contributed by atoms with E-state index in [0.29, 0.717) is 17.3 Å². The Morgan fingerprint density at radius 1 is 1.00 bits per heavy atom. The number of benzene rings is 3. The Kier molecular flexibility index (Phi) is 9.15. The molecule has 1 fully saturated rings. The van der Waals surface area contributed by atoms with Crippen LogP contribution in [0.25, 0.3) is 0 Å². The first-order chi connectivity index (χ1) is 16.3. The number of hydrogen-bond acceptors (Lipinski definition) is 6. The summed E-state index contributed by atoms with van der Waals surface area (Å²) in [5.74, 6) is -1.43.